The van der Waals surface area contributed by atoms with Crippen LogP contribution in [-0.2, 0) is 19.4 Å². The lowest BCUT2D eigenvalue weighted by molar-refractivity contribution is -0.273. The maximum Gasteiger partial charge on any atom is 0.332 e. The van der Waals surface area contributed by atoms with Crippen LogP contribution in [0.3, 0.4) is 0 Å². The second kappa shape index (κ2) is 9.70. The van der Waals surface area contributed by atoms with Crippen molar-refractivity contribution in [2.75, 3.05) is 26.3 Å². The van der Waals surface area contributed by atoms with E-state index in [1.807, 2.05) is 0 Å². The van der Waals surface area contributed by atoms with E-state index >= 15 is 0 Å². The highest BCUT2D eigenvalue weighted by atomic mass is 17.1. The highest BCUT2D eigenvalue weighted by Crippen LogP contribution is 1.87. The van der Waals surface area contributed by atoms with Gasteiger partial charge in [0.2, 0.25) is 6.04 Å². The Kier molecular flexibility index (Phi) is 9.00. The Hall–Kier alpha value is -1.30. The average Bonchev–Trinajstić information content (AvgIpc) is 2.28. The second-order valence-electron chi connectivity index (χ2n) is 3.31. The predicted molar refractivity (Wildman–Crippen MR) is 56.0 cm³/mol. The fraction of sp³-hybridized carbons (Fsp3) is 0.750. The van der Waals surface area contributed by atoms with Gasteiger partial charge in [0.05, 0.1) is 19.3 Å². The van der Waals surface area contributed by atoms with Gasteiger partial charge in [0.1, 0.15) is 0 Å². The van der Waals surface area contributed by atoms with E-state index in [9.17, 15) is 9.59 Å². The topological polar surface area (TPSA) is 158 Å². The third kappa shape index (κ3) is 7.11. The number of carboxylic acids is 2. The third-order valence-corrected chi connectivity index (χ3v) is 1.95. The van der Waals surface area contributed by atoms with Gasteiger partial charge in [-0.3, -0.25) is 15.8 Å². The first-order valence-electron chi connectivity index (χ1n) is 4.98. The molecule has 0 saturated carbocycles. The molecule has 0 aliphatic carbocycles. The standard InChI is InChI=1S/C8H16N2O8/c11-7(12)6(8(13)14)10-2-1-9-5(3-17-15)4-18-16/h5-6,9-10,15-16H,1-4H2,(H,11,12)(H,13,14). The van der Waals surface area contributed by atoms with Crippen molar-refractivity contribution in [2.45, 2.75) is 12.1 Å². The van der Waals surface area contributed by atoms with Gasteiger partial charge < -0.3 is 15.5 Å². The zero-order valence-electron chi connectivity index (χ0n) is 9.40. The summed E-state index contributed by atoms with van der Waals surface area (Å²) >= 11 is 0. The zero-order chi connectivity index (χ0) is 14.0. The summed E-state index contributed by atoms with van der Waals surface area (Å²) in [7, 11) is 0. The molecular formula is C8H16N2O8. The molecule has 0 aromatic carbocycles. The zero-order valence-corrected chi connectivity index (χ0v) is 9.40. The Morgan fingerprint density at radius 3 is 1.78 bits per heavy atom. The summed E-state index contributed by atoms with van der Waals surface area (Å²) in [5.41, 5.74) is 0. The van der Waals surface area contributed by atoms with Crippen molar-refractivity contribution in [1.29, 1.82) is 0 Å². The molecule has 0 atom stereocenters. The molecule has 0 aromatic rings. The summed E-state index contributed by atoms with van der Waals surface area (Å²) in [5.74, 6) is -2.98. The van der Waals surface area contributed by atoms with Crippen molar-refractivity contribution < 1.29 is 40.1 Å². The van der Waals surface area contributed by atoms with Crippen molar-refractivity contribution in [3.63, 3.8) is 0 Å². The minimum absolute atomic E-state index is 0.0522. The molecule has 0 heterocycles. The van der Waals surface area contributed by atoms with E-state index in [2.05, 4.69) is 20.4 Å². The molecule has 0 spiro atoms. The molecule has 18 heavy (non-hydrogen) atoms. The second-order valence-corrected chi connectivity index (χ2v) is 3.31. The van der Waals surface area contributed by atoms with Gasteiger partial charge in [-0.25, -0.2) is 19.4 Å². The van der Waals surface area contributed by atoms with E-state index in [1.54, 1.807) is 0 Å². The first kappa shape index (κ1) is 16.7. The maximum atomic E-state index is 10.5. The van der Waals surface area contributed by atoms with Gasteiger partial charge in [-0.05, 0) is 0 Å². The van der Waals surface area contributed by atoms with Gasteiger partial charge >= 0.3 is 11.9 Å². The lowest BCUT2D eigenvalue weighted by Gasteiger charge is -2.16. The number of carbonyl (C=O) groups is 2. The summed E-state index contributed by atoms with van der Waals surface area (Å²) < 4.78 is 0. The highest BCUT2D eigenvalue weighted by Gasteiger charge is 2.24. The molecule has 10 heteroatoms. The van der Waals surface area contributed by atoms with Gasteiger partial charge in [0, 0.05) is 13.1 Å². The summed E-state index contributed by atoms with van der Waals surface area (Å²) in [6.45, 7) is -0.0607. The van der Waals surface area contributed by atoms with Crippen molar-refractivity contribution >= 4 is 11.9 Å². The van der Waals surface area contributed by atoms with Crippen molar-refractivity contribution in [1.82, 2.24) is 10.6 Å². The summed E-state index contributed by atoms with van der Waals surface area (Å²) in [6.07, 6.45) is 0. The Labute approximate surface area is 102 Å². The number of nitrogens with one attached hydrogen (secondary N) is 2. The van der Waals surface area contributed by atoms with Crippen LogP contribution in [0.25, 0.3) is 0 Å². The van der Waals surface area contributed by atoms with Crippen LogP contribution in [0.1, 0.15) is 0 Å². The lowest BCUT2D eigenvalue weighted by atomic mass is 10.3. The fourth-order valence-corrected chi connectivity index (χ4v) is 1.12. The minimum atomic E-state index is -1.69. The molecule has 0 fully saturated rings. The molecule has 0 radical (unpaired) electrons. The SMILES string of the molecule is O=C(O)C(NCCNC(COO)COO)C(=O)O. The van der Waals surface area contributed by atoms with Crippen LogP contribution in [-0.4, -0.2) is 71.1 Å². The number of rotatable bonds is 11. The monoisotopic (exact) mass is 268 g/mol. The Balaban J connectivity index is 3.87. The molecule has 0 unspecified atom stereocenters. The van der Waals surface area contributed by atoms with Gasteiger partial charge in [0.15, 0.2) is 0 Å². The van der Waals surface area contributed by atoms with E-state index in [4.69, 9.17) is 20.7 Å². The van der Waals surface area contributed by atoms with Crippen LogP contribution in [0, 0.1) is 0 Å². The quantitative estimate of drug-likeness (QED) is 0.108. The van der Waals surface area contributed by atoms with Crippen LogP contribution in [0.15, 0.2) is 0 Å². The predicted octanol–water partition coefficient (Wildman–Crippen LogP) is -1.95. The Morgan fingerprint density at radius 2 is 1.39 bits per heavy atom. The van der Waals surface area contributed by atoms with Crippen LogP contribution < -0.4 is 10.6 Å². The number of aliphatic carboxylic acids is 2. The van der Waals surface area contributed by atoms with E-state index in [-0.39, 0.29) is 26.3 Å². The number of carboxylic acid groups (broad SMARTS) is 2. The molecular weight excluding hydrogens is 252 g/mol. The highest BCUT2D eigenvalue weighted by molar-refractivity contribution is 5.97. The van der Waals surface area contributed by atoms with Crippen LogP contribution in [0.5, 0.6) is 0 Å². The first-order valence-corrected chi connectivity index (χ1v) is 4.98. The maximum absolute atomic E-state index is 10.5. The molecule has 0 bridgehead atoms. The number of hydrogen-bond acceptors (Lipinski definition) is 8. The van der Waals surface area contributed by atoms with Gasteiger partial charge in [-0.2, -0.15) is 0 Å². The van der Waals surface area contributed by atoms with Crippen molar-refractivity contribution in [2.24, 2.45) is 0 Å². The molecule has 0 aliphatic rings. The molecule has 106 valence electrons. The fourth-order valence-electron chi connectivity index (χ4n) is 1.12. The molecule has 0 saturated heterocycles. The molecule has 0 aromatic heterocycles. The van der Waals surface area contributed by atoms with Crippen molar-refractivity contribution in [3.8, 4) is 0 Å². The smallest absolute Gasteiger partial charge is 0.332 e. The summed E-state index contributed by atoms with van der Waals surface area (Å²) in [6, 6.07) is -2.21. The Morgan fingerprint density at radius 1 is 0.944 bits per heavy atom. The molecule has 6 N–H and O–H groups in total. The van der Waals surface area contributed by atoms with Crippen molar-refractivity contribution in [3.05, 3.63) is 0 Å². The molecule has 0 amide bonds. The van der Waals surface area contributed by atoms with E-state index < -0.39 is 24.0 Å². The van der Waals surface area contributed by atoms with Gasteiger partial charge in [0.25, 0.3) is 0 Å². The summed E-state index contributed by atoms with van der Waals surface area (Å²) in [5, 5.41) is 38.5. The first-order chi connectivity index (χ1) is 8.52. The van der Waals surface area contributed by atoms with Crippen LogP contribution in [0.2, 0.25) is 0 Å². The lowest BCUT2D eigenvalue weighted by Crippen LogP contribution is -2.47. The van der Waals surface area contributed by atoms with Crippen LogP contribution >= 0.6 is 0 Å². The van der Waals surface area contributed by atoms with E-state index in [0.717, 1.165) is 0 Å². The average molecular weight is 268 g/mol. The van der Waals surface area contributed by atoms with E-state index in [1.165, 1.54) is 0 Å². The van der Waals surface area contributed by atoms with Crippen LogP contribution in [0.4, 0.5) is 0 Å². The van der Waals surface area contributed by atoms with Gasteiger partial charge in [-0.15, -0.1) is 0 Å². The summed E-state index contributed by atoms with van der Waals surface area (Å²) in [4.78, 5) is 28.7. The number of hydrogen-bond donors (Lipinski definition) is 6. The minimum Gasteiger partial charge on any atom is -0.480 e. The molecule has 0 rings (SSSR count). The molecule has 0 aliphatic heterocycles. The molecule has 10 nitrogen and oxygen atoms in total. The van der Waals surface area contributed by atoms with Gasteiger partial charge in [-0.1, -0.05) is 0 Å². The normalized spacial score (nSPS) is 11.1. The van der Waals surface area contributed by atoms with E-state index in [0.29, 0.717) is 0 Å². The Bertz CT molecular complexity index is 241. The largest absolute Gasteiger partial charge is 0.480 e. The third-order valence-electron chi connectivity index (χ3n) is 1.95.